The fourth-order valence-corrected chi connectivity index (χ4v) is 11.7. The Morgan fingerprint density at radius 3 is 1.00 bits per heavy atom. The summed E-state index contributed by atoms with van der Waals surface area (Å²) in [5.41, 5.74) is -3.00. The van der Waals surface area contributed by atoms with Crippen molar-refractivity contribution in [3.8, 4) is 0 Å². The van der Waals surface area contributed by atoms with Crippen molar-refractivity contribution in [2.75, 3.05) is 0 Å². The summed E-state index contributed by atoms with van der Waals surface area (Å²) in [5, 5.41) is 2.75. The SMILES string of the molecule is [O]=[Pd](=[O])[PH](c1ccccc1)(c1ccccc1)c1ccccc1. The average molecular weight is 402 g/mol. The van der Waals surface area contributed by atoms with Crippen LogP contribution < -0.4 is 15.9 Å². The molecule has 0 saturated carbocycles. The van der Waals surface area contributed by atoms with E-state index in [9.17, 15) is 6.94 Å². The van der Waals surface area contributed by atoms with E-state index in [1.807, 2.05) is 91.0 Å². The molecule has 0 radical (unpaired) electrons. The molecule has 0 aliphatic carbocycles. The van der Waals surface area contributed by atoms with Crippen LogP contribution in [-0.2, 0) is 23.1 Å². The van der Waals surface area contributed by atoms with E-state index in [2.05, 4.69) is 0 Å². The zero-order valence-corrected chi connectivity index (χ0v) is 14.3. The molecule has 0 aliphatic heterocycles. The minimum atomic E-state index is -3.22. The maximum absolute atomic E-state index is 12.6. The van der Waals surface area contributed by atoms with Gasteiger partial charge < -0.3 is 0 Å². The predicted molar refractivity (Wildman–Crippen MR) is 87.9 cm³/mol. The van der Waals surface area contributed by atoms with Gasteiger partial charge in [-0.25, -0.2) is 0 Å². The third-order valence-electron chi connectivity index (χ3n) is 3.65. The van der Waals surface area contributed by atoms with Gasteiger partial charge in [0.1, 0.15) is 0 Å². The fraction of sp³-hybridized carbons (Fsp3) is 0. The Morgan fingerprint density at radius 2 is 0.773 bits per heavy atom. The molecule has 0 heterocycles. The first kappa shape index (κ1) is 15.3. The van der Waals surface area contributed by atoms with Gasteiger partial charge >= 0.3 is 135 Å². The second-order valence-corrected chi connectivity index (χ2v) is 13.8. The molecule has 0 aromatic heterocycles. The molecule has 0 N–H and O–H groups in total. The Labute approximate surface area is 135 Å². The van der Waals surface area contributed by atoms with E-state index < -0.39 is 21.6 Å². The van der Waals surface area contributed by atoms with Crippen LogP contribution in [-0.4, -0.2) is 0 Å². The van der Waals surface area contributed by atoms with Gasteiger partial charge in [-0.1, -0.05) is 0 Å². The third-order valence-corrected chi connectivity index (χ3v) is 14.2. The number of hydrogen-bond donors (Lipinski definition) is 0. The first-order valence-electron chi connectivity index (χ1n) is 6.90. The second kappa shape index (κ2) is 6.63. The molecule has 4 heteroatoms. The zero-order valence-electron chi connectivity index (χ0n) is 11.8. The Hall–Kier alpha value is -1.65. The summed E-state index contributed by atoms with van der Waals surface area (Å²) in [6.45, 7) is 0. The molecule has 2 nitrogen and oxygen atoms in total. The molecule has 0 amide bonds. The van der Waals surface area contributed by atoms with Crippen molar-refractivity contribution < 1.29 is 23.1 Å². The van der Waals surface area contributed by atoms with Gasteiger partial charge in [-0.2, -0.15) is 0 Å². The van der Waals surface area contributed by atoms with Crippen LogP contribution in [0.15, 0.2) is 91.0 Å². The van der Waals surface area contributed by atoms with E-state index in [4.69, 9.17) is 0 Å². The van der Waals surface area contributed by atoms with E-state index >= 15 is 0 Å². The van der Waals surface area contributed by atoms with Crippen molar-refractivity contribution in [2.24, 2.45) is 0 Å². The Kier molecular flexibility index (Phi) is 4.60. The van der Waals surface area contributed by atoms with Crippen molar-refractivity contribution in [2.45, 2.75) is 0 Å². The third kappa shape index (κ3) is 2.57. The first-order chi connectivity index (χ1) is 10.8. The van der Waals surface area contributed by atoms with Crippen LogP contribution in [0.2, 0.25) is 0 Å². The fourth-order valence-electron chi connectivity index (χ4n) is 2.70. The van der Waals surface area contributed by atoms with Gasteiger partial charge in [0.05, 0.1) is 0 Å². The van der Waals surface area contributed by atoms with Gasteiger partial charge in [-0.3, -0.25) is 0 Å². The minimum absolute atomic E-state index is 0.915. The standard InChI is InChI=1S/C18H15P.2O.Pd/c1-4-10-16(11-5-1)19(17-12-6-2-7-13-17)18-14-8-3-9-15-18;;;/h1-15H;;;/q;;;-1/p+1. The topological polar surface area (TPSA) is 34.1 Å². The molecule has 22 heavy (non-hydrogen) atoms. The maximum atomic E-state index is 12.6. The molecule has 0 bridgehead atoms. The number of rotatable bonds is 4. The van der Waals surface area contributed by atoms with Gasteiger partial charge in [-0.15, -0.1) is 0 Å². The van der Waals surface area contributed by atoms with Crippen molar-refractivity contribution >= 4 is 21.4 Å². The van der Waals surface area contributed by atoms with E-state index in [1.165, 1.54) is 0 Å². The molecule has 0 saturated heterocycles. The molecule has 0 unspecified atom stereocenters. The molecule has 3 aromatic carbocycles. The van der Waals surface area contributed by atoms with Gasteiger partial charge in [0.15, 0.2) is 0 Å². The van der Waals surface area contributed by atoms with Gasteiger partial charge in [0.25, 0.3) is 0 Å². The second-order valence-electron chi connectivity index (χ2n) is 4.89. The van der Waals surface area contributed by atoms with Gasteiger partial charge in [0, 0.05) is 0 Å². The summed E-state index contributed by atoms with van der Waals surface area (Å²) in [6.07, 6.45) is 0. The normalized spacial score (nSPS) is 12.6. The summed E-state index contributed by atoms with van der Waals surface area (Å²) in [5.74, 6) is 0. The molecule has 0 atom stereocenters. The molecule has 3 aromatic rings. The average Bonchev–Trinajstić information content (AvgIpc) is 2.58. The van der Waals surface area contributed by atoms with Crippen molar-refractivity contribution in [3.63, 3.8) is 0 Å². The summed E-state index contributed by atoms with van der Waals surface area (Å²) < 4.78 is 25.1. The Balaban J connectivity index is 2.40. The van der Waals surface area contributed by atoms with Crippen molar-refractivity contribution in [1.82, 2.24) is 0 Å². The number of hydrogen-bond acceptors (Lipinski definition) is 2. The molecular weight excluding hydrogens is 386 g/mol. The van der Waals surface area contributed by atoms with E-state index in [1.54, 1.807) is 0 Å². The van der Waals surface area contributed by atoms with Gasteiger partial charge in [-0.05, 0) is 0 Å². The van der Waals surface area contributed by atoms with E-state index in [0.717, 1.165) is 15.9 Å². The van der Waals surface area contributed by atoms with Crippen LogP contribution in [0.5, 0.6) is 0 Å². The summed E-state index contributed by atoms with van der Waals surface area (Å²) in [7, 11) is 0. The number of benzene rings is 3. The van der Waals surface area contributed by atoms with Crippen LogP contribution in [0, 0.1) is 0 Å². The first-order valence-corrected chi connectivity index (χ1v) is 12.3. The molecule has 3 rings (SSSR count). The summed E-state index contributed by atoms with van der Waals surface area (Å²) in [6, 6.07) is 28.9. The summed E-state index contributed by atoms with van der Waals surface area (Å²) in [4.78, 5) is 0. The van der Waals surface area contributed by atoms with Crippen LogP contribution in [0.25, 0.3) is 0 Å². The Bertz CT molecular complexity index is 711. The van der Waals surface area contributed by atoms with Crippen LogP contribution in [0.1, 0.15) is 0 Å². The van der Waals surface area contributed by atoms with Crippen molar-refractivity contribution in [1.29, 1.82) is 0 Å². The van der Waals surface area contributed by atoms with Crippen LogP contribution in [0.3, 0.4) is 0 Å². The molecular formula is C18H16O2PPd. The van der Waals surface area contributed by atoms with E-state index in [-0.39, 0.29) is 0 Å². The van der Waals surface area contributed by atoms with Crippen molar-refractivity contribution in [3.05, 3.63) is 91.0 Å². The van der Waals surface area contributed by atoms with Crippen LogP contribution >= 0.6 is 5.45 Å². The quantitative estimate of drug-likeness (QED) is 0.497. The predicted octanol–water partition coefficient (Wildman–Crippen LogP) is 2.94. The van der Waals surface area contributed by atoms with Gasteiger partial charge in [0.2, 0.25) is 0 Å². The molecule has 115 valence electrons. The van der Waals surface area contributed by atoms with Crippen LogP contribution in [0.4, 0.5) is 0 Å². The molecule has 0 aliphatic rings. The zero-order chi connectivity index (χ0) is 15.4. The monoisotopic (exact) mass is 401 g/mol. The molecule has 0 fully saturated rings. The summed E-state index contributed by atoms with van der Waals surface area (Å²) >= 11 is -3.22. The molecule has 0 spiro atoms. The van der Waals surface area contributed by atoms with E-state index in [0.29, 0.717) is 0 Å². The Morgan fingerprint density at radius 1 is 0.500 bits per heavy atom.